The van der Waals surface area contributed by atoms with Crippen molar-refractivity contribution >= 4 is 28.4 Å². The van der Waals surface area contributed by atoms with E-state index < -0.39 is 34.8 Å². The Balaban J connectivity index is 2.05. The molecule has 3 rings (SSSR count). The lowest BCUT2D eigenvalue weighted by molar-refractivity contribution is -0.141. The van der Waals surface area contributed by atoms with Gasteiger partial charge < -0.3 is 10.2 Å². The molecule has 2 N–H and O–H groups in total. The van der Waals surface area contributed by atoms with E-state index in [0.717, 1.165) is 5.39 Å². The zero-order valence-corrected chi connectivity index (χ0v) is 12.6. The van der Waals surface area contributed by atoms with Gasteiger partial charge in [-0.05, 0) is 23.8 Å². The Morgan fingerprint density at radius 1 is 1.29 bits per heavy atom. The number of hydrogen-bond acceptors (Lipinski definition) is 4. The molecule has 1 amide bonds. The zero-order valence-electron chi connectivity index (χ0n) is 11.8. The molecule has 0 aliphatic heterocycles. The number of carbonyl (C=O) groups is 1. The summed E-state index contributed by atoms with van der Waals surface area (Å²) in [5.41, 5.74) is 4.57. The third-order valence-corrected chi connectivity index (χ3v) is 3.71. The van der Waals surface area contributed by atoms with Gasteiger partial charge in [-0.3, -0.25) is 9.78 Å². The number of amides is 1. The maximum atomic E-state index is 12.9. The van der Waals surface area contributed by atoms with Crippen LogP contribution in [-0.4, -0.2) is 15.9 Å². The number of aromatic nitrogens is 2. The van der Waals surface area contributed by atoms with Crippen molar-refractivity contribution in [1.29, 1.82) is 0 Å². The molecule has 2 aromatic heterocycles. The van der Waals surface area contributed by atoms with E-state index in [1.807, 2.05) is 0 Å². The lowest BCUT2D eigenvalue weighted by Gasteiger charge is -2.07. The minimum Gasteiger partial charge on any atom is -0.433 e. The normalized spacial score (nSPS) is 13.2. The quantitative estimate of drug-likeness (QED) is 0.727. The molecule has 0 bridgehead atoms. The first kappa shape index (κ1) is 16.3. The molecule has 1 unspecified atom stereocenters. The van der Waals surface area contributed by atoms with Crippen LogP contribution in [0.3, 0.4) is 0 Å². The Kier molecular flexibility index (Phi) is 3.92. The van der Waals surface area contributed by atoms with Crippen LogP contribution in [0.5, 0.6) is 0 Å². The fourth-order valence-electron chi connectivity index (χ4n) is 2.20. The second kappa shape index (κ2) is 5.79. The smallest absolute Gasteiger partial charge is 0.433 e. The van der Waals surface area contributed by atoms with Crippen molar-refractivity contribution in [2.24, 2.45) is 5.73 Å². The fourth-order valence-corrected chi connectivity index (χ4v) is 2.43. The first-order valence-electron chi connectivity index (χ1n) is 6.64. The largest absolute Gasteiger partial charge is 0.437 e. The summed E-state index contributed by atoms with van der Waals surface area (Å²) in [6.45, 7) is 0. The van der Waals surface area contributed by atoms with Crippen LogP contribution in [-0.2, 0) is 6.18 Å². The van der Waals surface area contributed by atoms with E-state index in [4.69, 9.17) is 21.8 Å². The maximum Gasteiger partial charge on any atom is 0.437 e. The lowest BCUT2D eigenvalue weighted by Crippen LogP contribution is -2.17. The number of oxazole rings is 1. The number of nitrogens with zero attached hydrogens (tertiary/aromatic N) is 2. The molecule has 3 aromatic rings. The number of rotatable bonds is 3. The van der Waals surface area contributed by atoms with Crippen molar-refractivity contribution in [1.82, 2.24) is 9.97 Å². The van der Waals surface area contributed by atoms with Crippen LogP contribution in [0.4, 0.5) is 13.2 Å². The van der Waals surface area contributed by atoms with E-state index in [9.17, 15) is 18.0 Å². The Morgan fingerprint density at radius 2 is 2.04 bits per heavy atom. The Hall–Kier alpha value is -2.61. The highest BCUT2D eigenvalue weighted by molar-refractivity contribution is 6.22. The second-order valence-corrected chi connectivity index (χ2v) is 5.35. The molecule has 2 heterocycles. The molecule has 0 aliphatic carbocycles. The summed E-state index contributed by atoms with van der Waals surface area (Å²) in [6, 6.07) is 8.41. The van der Waals surface area contributed by atoms with E-state index >= 15 is 0 Å². The van der Waals surface area contributed by atoms with Crippen molar-refractivity contribution in [2.45, 2.75) is 11.6 Å². The van der Waals surface area contributed by atoms with Gasteiger partial charge in [0.2, 0.25) is 11.7 Å². The molecule has 24 heavy (non-hydrogen) atoms. The van der Waals surface area contributed by atoms with Gasteiger partial charge in [0, 0.05) is 11.6 Å². The summed E-state index contributed by atoms with van der Waals surface area (Å²) in [5, 5.41) is -0.373. The van der Waals surface area contributed by atoms with E-state index in [0.29, 0.717) is 11.1 Å². The minimum atomic E-state index is -4.88. The molecule has 0 saturated carbocycles. The molecule has 0 radical (unpaired) electrons. The number of nitrogens with two attached hydrogens (primary N) is 1. The molecule has 5 nitrogen and oxygen atoms in total. The fraction of sp³-hybridized carbons (Fsp3) is 0.133. The summed E-state index contributed by atoms with van der Waals surface area (Å²) in [4.78, 5) is 18.6. The topological polar surface area (TPSA) is 82.0 Å². The zero-order chi connectivity index (χ0) is 17.5. The number of benzene rings is 1. The van der Waals surface area contributed by atoms with Crippen LogP contribution < -0.4 is 5.73 Å². The van der Waals surface area contributed by atoms with Crippen LogP contribution in [0.25, 0.3) is 10.9 Å². The molecule has 0 saturated heterocycles. The highest BCUT2D eigenvalue weighted by Crippen LogP contribution is 2.36. The highest BCUT2D eigenvalue weighted by atomic mass is 35.5. The van der Waals surface area contributed by atoms with Crippen LogP contribution in [0.1, 0.15) is 33.1 Å². The summed E-state index contributed by atoms with van der Waals surface area (Å²) in [7, 11) is 0. The monoisotopic (exact) mass is 355 g/mol. The molecule has 1 atom stereocenters. The molecule has 9 heteroatoms. The van der Waals surface area contributed by atoms with E-state index in [2.05, 4.69) is 9.97 Å². The summed E-state index contributed by atoms with van der Waals surface area (Å²) >= 11 is 6.18. The molecule has 0 fully saturated rings. The Bertz CT molecular complexity index is 924. The first-order valence-corrected chi connectivity index (χ1v) is 7.07. The second-order valence-electron chi connectivity index (χ2n) is 4.91. The van der Waals surface area contributed by atoms with E-state index in [1.54, 1.807) is 36.5 Å². The van der Waals surface area contributed by atoms with Crippen molar-refractivity contribution in [3.05, 3.63) is 59.4 Å². The van der Waals surface area contributed by atoms with Gasteiger partial charge in [0.25, 0.3) is 5.91 Å². The van der Waals surface area contributed by atoms with Crippen molar-refractivity contribution in [3.8, 4) is 0 Å². The van der Waals surface area contributed by atoms with Crippen molar-refractivity contribution in [3.63, 3.8) is 0 Å². The summed E-state index contributed by atoms with van der Waals surface area (Å²) in [5.74, 6) is -2.89. The number of carbonyl (C=O) groups excluding carboxylic acids is 1. The van der Waals surface area contributed by atoms with Crippen LogP contribution in [0, 0.1) is 0 Å². The number of primary amides is 1. The average Bonchev–Trinajstić information content (AvgIpc) is 2.99. The van der Waals surface area contributed by atoms with Gasteiger partial charge in [0.1, 0.15) is 5.38 Å². The molecule has 0 aliphatic rings. The Labute approximate surface area is 138 Å². The van der Waals surface area contributed by atoms with Crippen LogP contribution in [0.2, 0.25) is 0 Å². The number of fused-ring (bicyclic) bond motifs is 1. The number of halogens is 4. The van der Waals surface area contributed by atoms with Crippen LogP contribution in [0.15, 0.2) is 40.9 Å². The van der Waals surface area contributed by atoms with Crippen LogP contribution >= 0.6 is 11.6 Å². The molecular formula is C15H9ClF3N3O2. The van der Waals surface area contributed by atoms with Crippen molar-refractivity contribution < 1.29 is 22.4 Å². The average molecular weight is 356 g/mol. The van der Waals surface area contributed by atoms with Gasteiger partial charge >= 0.3 is 6.18 Å². The van der Waals surface area contributed by atoms with Crippen molar-refractivity contribution in [2.75, 3.05) is 0 Å². The molecule has 124 valence electrons. The maximum absolute atomic E-state index is 12.9. The minimum absolute atomic E-state index is 0.447. The van der Waals surface area contributed by atoms with E-state index in [1.165, 1.54) is 0 Å². The SMILES string of the molecule is NC(=O)c1oc(C(Cl)c2ccc3ncccc3c2)nc1C(F)(F)F. The third-order valence-electron chi connectivity index (χ3n) is 3.27. The van der Waals surface area contributed by atoms with Gasteiger partial charge in [-0.15, -0.1) is 11.6 Å². The highest BCUT2D eigenvalue weighted by Gasteiger charge is 2.41. The number of hydrogen-bond donors (Lipinski definition) is 1. The predicted molar refractivity (Wildman–Crippen MR) is 79.5 cm³/mol. The standard InChI is InChI=1S/C15H9ClF3N3O2/c16-10(8-3-4-9-7(6-8)2-1-5-21-9)14-22-12(15(17,18)19)11(24-14)13(20)23/h1-6,10H,(H2,20,23). The Morgan fingerprint density at radius 3 is 2.67 bits per heavy atom. The molecule has 0 spiro atoms. The third kappa shape index (κ3) is 2.92. The first-order chi connectivity index (χ1) is 11.3. The van der Waals surface area contributed by atoms with Gasteiger partial charge in [0.05, 0.1) is 5.52 Å². The van der Waals surface area contributed by atoms with Gasteiger partial charge in [0.15, 0.2) is 5.69 Å². The lowest BCUT2D eigenvalue weighted by atomic mass is 10.1. The summed E-state index contributed by atoms with van der Waals surface area (Å²) in [6.07, 6.45) is -3.26. The molecular weight excluding hydrogens is 347 g/mol. The van der Waals surface area contributed by atoms with Gasteiger partial charge in [-0.25, -0.2) is 4.98 Å². The number of pyridine rings is 1. The molecule has 1 aromatic carbocycles. The van der Waals surface area contributed by atoms with Gasteiger partial charge in [-0.1, -0.05) is 12.1 Å². The van der Waals surface area contributed by atoms with E-state index in [-0.39, 0.29) is 0 Å². The number of alkyl halides is 4. The van der Waals surface area contributed by atoms with Gasteiger partial charge in [-0.2, -0.15) is 13.2 Å². The summed E-state index contributed by atoms with van der Waals surface area (Å²) < 4.78 is 43.6. The predicted octanol–water partition coefficient (Wildman–Crippen LogP) is 3.67.